The molecule has 0 amide bonds. The van der Waals surface area contributed by atoms with Crippen molar-refractivity contribution in [2.45, 2.75) is 5.88 Å². The maximum atomic E-state index is 10.4. The number of carbonyl (C=O) groups is 1. The minimum absolute atomic E-state index is 0. The van der Waals surface area contributed by atoms with E-state index in [1.807, 2.05) is 0 Å². The van der Waals surface area contributed by atoms with Crippen molar-refractivity contribution in [3.8, 4) is 0 Å². The molecule has 1 aromatic carbocycles. The van der Waals surface area contributed by atoms with Crippen LogP contribution >= 0.6 is 11.6 Å². The summed E-state index contributed by atoms with van der Waals surface area (Å²) >= 11 is 5.51. The predicted octanol–water partition coefficient (Wildman–Crippen LogP) is 1.48. The number of aromatic carboxylic acids is 1. The quantitative estimate of drug-likeness (QED) is 0.593. The van der Waals surface area contributed by atoms with Crippen LogP contribution in [-0.2, 0) is 5.88 Å². The van der Waals surface area contributed by atoms with Gasteiger partial charge in [0.25, 0.3) is 0 Å². The second-order valence-electron chi connectivity index (χ2n) is 2.14. The summed E-state index contributed by atoms with van der Waals surface area (Å²) in [4.78, 5) is 10.4. The van der Waals surface area contributed by atoms with E-state index in [-0.39, 0.29) is 51.4 Å². The van der Waals surface area contributed by atoms with Crippen molar-refractivity contribution in [3.63, 3.8) is 0 Å². The molecule has 1 aromatic rings. The second-order valence-corrected chi connectivity index (χ2v) is 2.40. The van der Waals surface area contributed by atoms with Gasteiger partial charge in [0.2, 0.25) is 0 Å². The maximum absolute atomic E-state index is 10.4. The molecule has 0 aliphatic carbocycles. The first-order chi connectivity index (χ1) is 5.24. The molecule has 12 heavy (non-hydrogen) atoms. The molecule has 2 nitrogen and oxygen atoms in total. The Morgan fingerprint density at radius 3 is 2.17 bits per heavy atom. The van der Waals surface area contributed by atoms with E-state index in [2.05, 4.69) is 0 Å². The van der Waals surface area contributed by atoms with Crippen molar-refractivity contribution in [1.82, 2.24) is 0 Å². The van der Waals surface area contributed by atoms with Gasteiger partial charge in [-0.25, -0.2) is 4.79 Å². The van der Waals surface area contributed by atoms with Crippen LogP contribution in [0.15, 0.2) is 24.3 Å². The standard InChI is InChI=1S/C8H7ClO2.K.H/c9-5-6-1-3-7(4-2-6)8(10)11;;/h1-4H,5H2,(H,10,11);;. The summed E-state index contributed by atoms with van der Waals surface area (Å²) in [5, 5.41) is 8.52. The molecule has 0 fully saturated rings. The van der Waals surface area contributed by atoms with Crippen molar-refractivity contribution in [3.05, 3.63) is 35.4 Å². The molecule has 1 N–H and O–H groups in total. The summed E-state index contributed by atoms with van der Waals surface area (Å²) in [6.45, 7) is 0. The van der Waals surface area contributed by atoms with E-state index in [1.54, 1.807) is 24.3 Å². The molecule has 0 aliphatic heterocycles. The van der Waals surface area contributed by atoms with E-state index < -0.39 is 5.97 Å². The molecule has 0 bridgehead atoms. The number of carboxylic acids is 1. The topological polar surface area (TPSA) is 37.3 Å². The van der Waals surface area contributed by atoms with Crippen molar-refractivity contribution >= 4 is 69.0 Å². The molecular weight excluding hydrogens is 203 g/mol. The molecule has 0 saturated heterocycles. The van der Waals surface area contributed by atoms with Gasteiger partial charge in [0.1, 0.15) is 0 Å². The Balaban J connectivity index is 0.00000121. The van der Waals surface area contributed by atoms with Crippen molar-refractivity contribution in [2.75, 3.05) is 0 Å². The number of alkyl halides is 1. The van der Waals surface area contributed by atoms with E-state index >= 15 is 0 Å². The van der Waals surface area contributed by atoms with Crippen molar-refractivity contribution < 1.29 is 9.90 Å². The van der Waals surface area contributed by atoms with Gasteiger partial charge in [-0.1, -0.05) is 12.1 Å². The van der Waals surface area contributed by atoms with Crippen molar-refractivity contribution in [2.24, 2.45) is 0 Å². The van der Waals surface area contributed by atoms with Gasteiger partial charge in [0, 0.05) is 5.88 Å². The van der Waals surface area contributed by atoms with Crippen LogP contribution in [0, 0.1) is 0 Å². The van der Waals surface area contributed by atoms with Gasteiger partial charge < -0.3 is 5.11 Å². The molecule has 0 aliphatic rings. The molecule has 60 valence electrons. The Bertz CT molecular complexity index is 258. The summed E-state index contributed by atoms with van der Waals surface area (Å²) in [6, 6.07) is 6.49. The molecular formula is C8H8ClKO2. The van der Waals surface area contributed by atoms with Crippen LogP contribution in [0.3, 0.4) is 0 Å². The molecule has 0 spiro atoms. The molecule has 0 aromatic heterocycles. The number of halogens is 1. The molecule has 0 unspecified atom stereocenters. The average molecular weight is 211 g/mol. The SMILES string of the molecule is O=C(O)c1ccc(CCl)cc1.[KH]. The van der Waals surface area contributed by atoms with Gasteiger partial charge in [0.05, 0.1) is 5.56 Å². The minimum atomic E-state index is -0.911. The van der Waals surface area contributed by atoms with Crippen LogP contribution in [0.25, 0.3) is 0 Å². The number of benzene rings is 1. The van der Waals surface area contributed by atoms with Gasteiger partial charge in [-0.3, -0.25) is 0 Å². The van der Waals surface area contributed by atoms with Crippen LogP contribution in [0.5, 0.6) is 0 Å². The first-order valence-electron chi connectivity index (χ1n) is 3.12. The van der Waals surface area contributed by atoms with Crippen LogP contribution in [0.4, 0.5) is 0 Å². The van der Waals surface area contributed by atoms with Gasteiger partial charge in [-0.15, -0.1) is 11.6 Å². The fraction of sp³-hybridized carbons (Fsp3) is 0.125. The Labute approximate surface area is 118 Å². The Hall–Kier alpha value is 0.616. The Kier molecular flexibility index (Phi) is 6.44. The number of hydrogen-bond donors (Lipinski definition) is 1. The molecule has 4 heteroatoms. The Morgan fingerprint density at radius 1 is 1.33 bits per heavy atom. The van der Waals surface area contributed by atoms with Gasteiger partial charge in [0.15, 0.2) is 0 Å². The molecule has 0 atom stereocenters. The monoisotopic (exact) mass is 210 g/mol. The normalized spacial score (nSPS) is 8.75. The van der Waals surface area contributed by atoms with Crippen LogP contribution < -0.4 is 0 Å². The summed E-state index contributed by atoms with van der Waals surface area (Å²) in [6.07, 6.45) is 0. The first-order valence-corrected chi connectivity index (χ1v) is 3.65. The van der Waals surface area contributed by atoms with Crippen LogP contribution in [-0.4, -0.2) is 62.5 Å². The van der Waals surface area contributed by atoms with E-state index in [0.29, 0.717) is 11.4 Å². The number of carboxylic acid groups (broad SMARTS) is 1. The second kappa shape index (κ2) is 6.13. The first kappa shape index (κ1) is 12.6. The van der Waals surface area contributed by atoms with E-state index in [4.69, 9.17) is 16.7 Å². The molecule has 0 radical (unpaired) electrons. The third-order valence-electron chi connectivity index (χ3n) is 1.36. The summed E-state index contributed by atoms with van der Waals surface area (Å²) in [5.74, 6) is -0.494. The summed E-state index contributed by atoms with van der Waals surface area (Å²) < 4.78 is 0. The Morgan fingerprint density at radius 2 is 1.83 bits per heavy atom. The van der Waals surface area contributed by atoms with E-state index in [0.717, 1.165) is 5.56 Å². The third-order valence-corrected chi connectivity index (χ3v) is 1.66. The fourth-order valence-corrected chi connectivity index (χ4v) is 0.915. The van der Waals surface area contributed by atoms with Gasteiger partial charge in [-0.2, -0.15) is 0 Å². The molecule has 0 heterocycles. The summed E-state index contributed by atoms with van der Waals surface area (Å²) in [5.41, 5.74) is 1.22. The average Bonchev–Trinajstić information content (AvgIpc) is 2.05. The van der Waals surface area contributed by atoms with Crippen molar-refractivity contribution in [1.29, 1.82) is 0 Å². The van der Waals surface area contributed by atoms with Crippen LogP contribution in [0.1, 0.15) is 15.9 Å². The zero-order chi connectivity index (χ0) is 8.27. The third kappa shape index (κ3) is 3.56. The van der Waals surface area contributed by atoms with Gasteiger partial charge in [-0.05, 0) is 17.7 Å². The number of hydrogen-bond acceptors (Lipinski definition) is 1. The number of rotatable bonds is 2. The predicted molar refractivity (Wildman–Crippen MR) is 50.1 cm³/mol. The fourth-order valence-electron chi connectivity index (χ4n) is 0.736. The zero-order valence-electron chi connectivity index (χ0n) is 5.75. The summed E-state index contributed by atoms with van der Waals surface area (Å²) in [7, 11) is 0. The van der Waals surface area contributed by atoms with Crippen LogP contribution in [0.2, 0.25) is 0 Å². The van der Waals surface area contributed by atoms with E-state index in [9.17, 15) is 4.79 Å². The van der Waals surface area contributed by atoms with Gasteiger partial charge >= 0.3 is 57.4 Å². The zero-order valence-corrected chi connectivity index (χ0v) is 6.51. The molecule has 0 saturated carbocycles. The van der Waals surface area contributed by atoms with E-state index in [1.165, 1.54) is 0 Å². The molecule has 1 rings (SSSR count).